The van der Waals surface area contributed by atoms with Crippen molar-refractivity contribution in [1.29, 1.82) is 0 Å². The molecule has 0 atom stereocenters. The number of aromatic nitrogens is 1. The number of benzene rings is 3. The summed E-state index contributed by atoms with van der Waals surface area (Å²) in [6, 6.07) is 23.7. The zero-order valence-corrected chi connectivity index (χ0v) is 18.6. The summed E-state index contributed by atoms with van der Waals surface area (Å²) in [7, 11) is -2.07. The van der Waals surface area contributed by atoms with E-state index < -0.39 is 10.0 Å². The molecule has 0 saturated carbocycles. The maximum absolute atomic E-state index is 12.8. The number of fused-ring (bicyclic) bond motifs is 1. The number of H-pyrrole nitrogens is 1. The molecule has 0 unspecified atom stereocenters. The molecular weight excluding hydrogens is 422 g/mol. The van der Waals surface area contributed by atoms with Gasteiger partial charge in [-0.3, -0.25) is 4.79 Å². The molecule has 1 aromatic heterocycles. The minimum absolute atomic E-state index is 0.118. The maximum atomic E-state index is 12.8. The van der Waals surface area contributed by atoms with Gasteiger partial charge in [-0.2, -0.15) is 4.31 Å². The van der Waals surface area contributed by atoms with Crippen molar-refractivity contribution >= 4 is 32.5 Å². The zero-order chi connectivity index (χ0) is 22.6. The molecule has 164 valence electrons. The number of sulfonamides is 1. The molecule has 0 aliphatic carbocycles. The van der Waals surface area contributed by atoms with Gasteiger partial charge in [-0.25, -0.2) is 8.42 Å². The number of rotatable bonds is 8. The van der Waals surface area contributed by atoms with E-state index in [4.69, 9.17) is 0 Å². The molecule has 2 N–H and O–H groups in total. The van der Waals surface area contributed by atoms with E-state index in [1.165, 1.54) is 16.4 Å². The summed E-state index contributed by atoms with van der Waals surface area (Å²) in [5, 5.41) is 3.96. The standard InChI is InChI=1S/C25H25N3O3S/c1-28(18-19-7-3-2-4-8-19)32(30,31)22-14-12-21(13-15-22)27-25(29)16-11-20-17-26-24-10-6-5-9-23(20)24/h2-10,12-15,17,26H,11,16,18H2,1H3,(H,27,29). The van der Waals surface area contributed by atoms with Crippen LogP contribution < -0.4 is 5.32 Å². The fraction of sp³-hybridized carbons (Fsp3) is 0.160. The van der Waals surface area contributed by atoms with E-state index in [-0.39, 0.29) is 17.3 Å². The molecule has 32 heavy (non-hydrogen) atoms. The normalized spacial score (nSPS) is 11.7. The third kappa shape index (κ3) is 4.90. The highest BCUT2D eigenvalue weighted by Crippen LogP contribution is 2.21. The minimum atomic E-state index is -3.63. The van der Waals surface area contributed by atoms with Crippen molar-refractivity contribution in [2.75, 3.05) is 12.4 Å². The van der Waals surface area contributed by atoms with E-state index >= 15 is 0 Å². The van der Waals surface area contributed by atoms with Crippen LogP contribution in [0, 0.1) is 0 Å². The van der Waals surface area contributed by atoms with Gasteiger partial charge in [-0.15, -0.1) is 0 Å². The van der Waals surface area contributed by atoms with Crippen molar-refractivity contribution in [3.05, 3.63) is 96.2 Å². The molecule has 4 aromatic rings. The lowest BCUT2D eigenvalue weighted by Gasteiger charge is -2.17. The molecule has 0 radical (unpaired) electrons. The molecular formula is C25H25N3O3S. The summed E-state index contributed by atoms with van der Waals surface area (Å²) < 4.78 is 27.0. The van der Waals surface area contributed by atoms with Crippen molar-refractivity contribution in [2.45, 2.75) is 24.3 Å². The monoisotopic (exact) mass is 447 g/mol. The third-order valence-corrected chi connectivity index (χ3v) is 7.21. The molecule has 0 bridgehead atoms. The van der Waals surface area contributed by atoms with Gasteiger partial charge in [0.25, 0.3) is 0 Å². The molecule has 0 aliphatic rings. The van der Waals surface area contributed by atoms with Gasteiger partial charge < -0.3 is 10.3 Å². The lowest BCUT2D eigenvalue weighted by Crippen LogP contribution is -2.26. The highest BCUT2D eigenvalue weighted by atomic mass is 32.2. The Morgan fingerprint density at radius 3 is 2.38 bits per heavy atom. The topological polar surface area (TPSA) is 82.3 Å². The van der Waals surface area contributed by atoms with E-state index in [2.05, 4.69) is 10.3 Å². The SMILES string of the molecule is CN(Cc1ccccc1)S(=O)(=O)c1ccc(NC(=O)CCc2c[nH]c3ccccc23)cc1. The van der Waals surface area contributed by atoms with Gasteiger partial charge in [0.05, 0.1) is 4.90 Å². The van der Waals surface area contributed by atoms with Gasteiger partial charge in [-0.1, -0.05) is 48.5 Å². The Bertz CT molecular complexity index is 1310. The number of nitrogens with one attached hydrogen (secondary N) is 2. The summed E-state index contributed by atoms with van der Waals surface area (Å²) in [6.45, 7) is 0.287. The van der Waals surface area contributed by atoms with Crippen molar-refractivity contribution in [2.24, 2.45) is 0 Å². The number of hydrogen-bond donors (Lipinski definition) is 2. The summed E-state index contributed by atoms with van der Waals surface area (Å²) >= 11 is 0. The Labute approximate surface area is 187 Å². The van der Waals surface area contributed by atoms with Crippen LogP contribution in [0.15, 0.2) is 90.0 Å². The summed E-state index contributed by atoms with van der Waals surface area (Å²) in [6.07, 6.45) is 2.89. The predicted molar refractivity (Wildman–Crippen MR) is 127 cm³/mol. The largest absolute Gasteiger partial charge is 0.361 e. The van der Waals surface area contributed by atoms with Gasteiger partial charge >= 0.3 is 0 Å². The van der Waals surface area contributed by atoms with E-state index in [9.17, 15) is 13.2 Å². The molecule has 4 rings (SSSR count). The molecule has 0 aliphatic heterocycles. The number of carbonyl (C=O) groups excluding carboxylic acids is 1. The second-order valence-corrected chi connectivity index (χ2v) is 9.72. The first-order chi connectivity index (χ1) is 15.4. The highest BCUT2D eigenvalue weighted by Gasteiger charge is 2.21. The predicted octanol–water partition coefficient (Wildman–Crippen LogP) is 4.56. The van der Waals surface area contributed by atoms with Crippen LogP contribution in [0.2, 0.25) is 0 Å². The molecule has 6 nitrogen and oxygen atoms in total. The third-order valence-electron chi connectivity index (χ3n) is 5.39. The van der Waals surface area contributed by atoms with Gasteiger partial charge in [0, 0.05) is 42.8 Å². The van der Waals surface area contributed by atoms with Crippen LogP contribution in [0.25, 0.3) is 10.9 Å². The van der Waals surface area contributed by atoms with Gasteiger partial charge in [-0.05, 0) is 47.9 Å². The first kappa shape index (κ1) is 21.8. The first-order valence-corrected chi connectivity index (χ1v) is 11.8. The quantitative estimate of drug-likeness (QED) is 0.415. The number of para-hydroxylation sites is 1. The molecule has 1 heterocycles. The van der Waals surface area contributed by atoms with Crippen LogP contribution in [-0.2, 0) is 27.8 Å². The zero-order valence-electron chi connectivity index (χ0n) is 17.8. The number of nitrogens with zero attached hydrogens (tertiary/aromatic N) is 1. The lowest BCUT2D eigenvalue weighted by molar-refractivity contribution is -0.116. The fourth-order valence-corrected chi connectivity index (χ4v) is 4.78. The molecule has 0 saturated heterocycles. The van der Waals surface area contributed by atoms with Crippen LogP contribution in [0.1, 0.15) is 17.5 Å². The van der Waals surface area contributed by atoms with Gasteiger partial charge in [0.2, 0.25) is 15.9 Å². The maximum Gasteiger partial charge on any atom is 0.243 e. The van der Waals surface area contributed by atoms with Crippen molar-refractivity contribution < 1.29 is 13.2 Å². The second-order valence-electron chi connectivity index (χ2n) is 7.68. The Morgan fingerprint density at radius 2 is 1.62 bits per heavy atom. The van der Waals surface area contributed by atoms with Crippen molar-refractivity contribution in [3.63, 3.8) is 0 Å². The Morgan fingerprint density at radius 1 is 0.938 bits per heavy atom. The molecule has 7 heteroatoms. The van der Waals surface area contributed by atoms with E-state index in [1.54, 1.807) is 19.2 Å². The fourth-order valence-electron chi connectivity index (χ4n) is 3.63. The van der Waals surface area contributed by atoms with Gasteiger partial charge in [0.1, 0.15) is 0 Å². The molecule has 3 aromatic carbocycles. The number of carbonyl (C=O) groups is 1. The van der Waals surface area contributed by atoms with Crippen molar-refractivity contribution in [1.82, 2.24) is 9.29 Å². The number of aryl methyl sites for hydroxylation is 1. The summed E-state index contributed by atoms with van der Waals surface area (Å²) in [5.41, 5.74) is 3.63. The average molecular weight is 448 g/mol. The number of hydrogen-bond acceptors (Lipinski definition) is 3. The molecule has 1 amide bonds. The van der Waals surface area contributed by atoms with Crippen LogP contribution >= 0.6 is 0 Å². The average Bonchev–Trinajstić information content (AvgIpc) is 3.22. The minimum Gasteiger partial charge on any atom is -0.361 e. The smallest absolute Gasteiger partial charge is 0.243 e. The van der Waals surface area contributed by atoms with E-state index in [0.717, 1.165) is 22.0 Å². The first-order valence-electron chi connectivity index (χ1n) is 10.4. The van der Waals surface area contributed by atoms with Crippen LogP contribution in [0.5, 0.6) is 0 Å². The number of aromatic amines is 1. The van der Waals surface area contributed by atoms with E-state index in [0.29, 0.717) is 18.5 Å². The number of amides is 1. The van der Waals surface area contributed by atoms with Crippen LogP contribution in [0.3, 0.4) is 0 Å². The number of anilines is 1. The Balaban J connectivity index is 1.36. The highest BCUT2D eigenvalue weighted by molar-refractivity contribution is 7.89. The van der Waals surface area contributed by atoms with E-state index in [1.807, 2.05) is 60.8 Å². The van der Waals surface area contributed by atoms with Crippen LogP contribution in [-0.4, -0.2) is 30.7 Å². The molecule has 0 fully saturated rings. The molecule has 0 spiro atoms. The lowest BCUT2D eigenvalue weighted by atomic mass is 10.1. The summed E-state index contributed by atoms with van der Waals surface area (Å²) in [5.74, 6) is -0.118. The summed E-state index contributed by atoms with van der Waals surface area (Å²) in [4.78, 5) is 15.8. The van der Waals surface area contributed by atoms with Crippen molar-refractivity contribution in [3.8, 4) is 0 Å². The Kier molecular flexibility index (Phi) is 6.39. The van der Waals surface area contributed by atoms with Crippen LogP contribution in [0.4, 0.5) is 5.69 Å². The second kappa shape index (κ2) is 9.38. The van der Waals surface area contributed by atoms with Gasteiger partial charge in [0.15, 0.2) is 0 Å². The Hall–Kier alpha value is -3.42.